The number of anilines is 1. The average molecular weight is 281 g/mol. The fraction of sp³-hybridized carbons (Fsp3) is 0.571. The van der Waals surface area contributed by atoms with Gasteiger partial charge in [0.2, 0.25) is 0 Å². The van der Waals surface area contributed by atoms with E-state index in [-0.39, 0.29) is 11.4 Å². The van der Waals surface area contributed by atoms with Crippen molar-refractivity contribution >= 4 is 11.7 Å². The van der Waals surface area contributed by atoms with Gasteiger partial charge >= 0.3 is 0 Å². The zero-order valence-electron chi connectivity index (χ0n) is 11.8. The van der Waals surface area contributed by atoms with Crippen LogP contribution < -0.4 is 10.6 Å². The first-order valence-electron chi connectivity index (χ1n) is 6.84. The number of hydrogen-bond donors (Lipinski definition) is 2. The van der Waals surface area contributed by atoms with E-state index in [0.717, 1.165) is 12.8 Å². The number of hydrogen-bond acceptors (Lipinski definition) is 4. The number of nitrogens with one attached hydrogen (secondary N) is 2. The maximum Gasteiger partial charge on any atom is 0.254 e. The van der Waals surface area contributed by atoms with E-state index in [0.29, 0.717) is 19.8 Å². The Bertz CT molecular complexity index is 487. The van der Waals surface area contributed by atoms with Crippen molar-refractivity contribution in [2.24, 2.45) is 0 Å². The molecule has 1 fully saturated rings. The first kappa shape index (κ1) is 14.7. The Labute approximate surface area is 117 Å². The summed E-state index contributed by atoms with van der Waals surface area (Å²) in [6.07, 6.45) is 3.14. The number of nitrogens with zero attached hydrogens (tertiary/aromatic N) is 1. The lowest BCUT2D eigenvalue weighted by Crippen LogP contribution is -2.51. The van der Waals surface area contributed by atoms with Crippen molar-refractivity contribution in [3.05, 3.63) is 23.6 Å². The average Bonchev–Trinajstić information content (AvgIpc) is 2.41. The quantitative estimate of drug-likeness (QED) is 0.885. The zero-order chi connectivity index (χ0) is 14.6. The van der Waals surface area contributed by atoms with Gasteiger partial charge in [0.25, 0.3) is 5.91 Å². The number of carbonyl (C=O) groups excluding carboxylic acids is 1. The number of aromatic nitrogens is 1. The smallest absolute Gasteiger partial charge is 0.254 e. The molecule has 1 amide bonds. The number of pyridine rings is 1. The Hall–Kier alpha value is -1.69. The molecule has 0 aromatic carbocycles. The molecule has 0 spiro atoms. The summed E-state index contributed by atoms with van der Waals surface area (Å²) in [5.41, 5.74) is -0.439. The molecule has 2 N–H and O–H groups in total. The van der Waals surface area contributed by atoms with Gasteiger partial charge in [0, 0.05) is 19.3 Å². The molecule has 1 aliphatic rings. The van der Waals surface area contributed by atoms with Crippen LogP contribution in [0.3, 0.4) is 0 Å². The van der Waals surface area contributed by atoms with Crippen molar-refractivity contribution < 1.29 is 13.9 Å². The molecule has 0 bridgehead atoms. The molecule has 5 nitrogen and oxygen atoms in total. The van der Waals surface area contributed by atoms with E-state index in [1.165, 1.54) is 12.3 Å². The highest BCUT2D eigenvalue weighted by molar-refractivity contribution is 5.95. The van der Waals surface area contributed by atoms with Gasteiger partial charge in [-0.3, -0.25) is 4.79 Å². The topological polar surface area (TPSA) is 63.2 Å². The predicted molar refractivity (Wildman–Crippen MR) is 74.3 cm³/mol. The fourth-order valence-corrected chi connectivity index (χ4v) is 2.28. The fourth-order valence-electron chi connectivity index (χ4n) is 2.28. The third kappa shape index (κ3) is 3.25. The molecule has 110 valence electrons. The van der Waals surface area contributed by atoms with E-state index >= 15 is 0 Å². The molecule has 0 aliphatic carbocycles. The van der Waals surface area contributed by atoms with Crippen molar-refractivity contribution in [2.75, 3.05) is 25.1 Å². The summed E-state index contributed by atoms with van der Waals surface area (Å²) in [5.74, 6) is -0.950. The number of carbonyl (C=O) groups is 1. The first-order chi connectivity index (χ1) is 9.56. The van der Waals surface area contributed by atoms with Crippen LogP contribution in [-0.4, -0.2) is 36.2 Å². The van der Waals surface area contributed by atoms with Gasteiger partial charge in [-0.25, -0.2) is 9.37 Å². The van der Waals surface area contributed by atoms with Crippen LogP contribution in [0.2, 0.25) is 0 Å². The summed E-state index contributed by atoms with van der Waals surface area (Å²) < 4.78 is 19.6. The Morgan fingerprint density at radius 1 is 1.60 bits per heavy atom. The third-order valence-corrected chi connectivity index (χ3v) is 3.33. The number of halogens is 1. The summed E-state index contributed by atoms with van der Waals surface area (Å²) in [7, 11) is 0. The lowest BCUT2D eigenvalue weighted by atomic mass is 9.94. The Morgan fingerprint density at radius 2 is 2.40 bits per heavy atom. The lowest BCUT2D eigenvalue weighted by molar-refractivity contribution is 0.0271. The van der Waals surface area contributed by atoms with Gasteiger partial charge in [-0.1, -0.05) is 0 Å². The van der Waals surface area contributed by atoms with E-state index < -0.39 is 17.3 Å². The van der Waals surface area contributed by atoms with Crippen molar-refractivity contribution in [3.8, 4) is 0 Å². The molecule has 20 heavy (non-hydrogen) atoms. The maximum atomic E-state index is 14.2. The molecule has 1 aromatic heterocycles. The standard InChI is InChI=1S/C14H20FN3O2/c1-3-16-12-11(15)10(5-7-17-12)13(19)18-14(2)6-4-8-20-9-14/h5,7H,3-4,6,8-9H2,1-2H3,(H,16,17)(H,18,19). The summed E-state index contributed by atoms with van der Waals surface area (Å²) in [4.78, 5) is 16.1. The molecule has 1 atom stereocenters. The molecule has 0 saturated carbocycles. The maximum absolute atomic E-state index is 14.2. The van der Waals surface area contributed by atoms with E-state index in [1.807, 2.05) is 13.8 Å². The molecule has 0 radical (unpaired) electrons. The first-order valence-corrected chi connectivity index (χ1v) is 6.84. The molecule has 6 heteroatoms. The van der Waals surface area contributed by atoms with Crippen LogP contribution in [0, 0.1) is 5.82 Å². The SMILES string of the molecule is CCNc1nccc(C(=O)NC2(C)CCCOC2)c1F. The van der Waals surface area contributed by atoms with Gasteiger partial charge in [0.15, 0.2) is 11.6 Å². The van der Waals surface area contributed by atoms with Gasteiger partial charge in [-0.05, 0) is 32.8 Å². The van der Waals surface area contributed by atoms with E-state index in [9.17, 15) is 9.18 Å². The van der Waals surface area contributed by atoms with E-state index in [4.69, 9.17) is 4.74 Å². The summed E-state index contributed by atoms with van der Waals surface area (Å²) >= 11 is 0. The van der Waals surface area contributed by atoms with Gasteiger partial charge in [-0.15, -0.1) is 0 Å². The molecule has 1 unspecified atom stereocenters. The number of ether oxygens (including phenoxy) is 1. The van der Waals surface area contributed by atoms with Crippen LogP contribution in [-0.2, 0) is 4.74 Å². The Balaban J connectivity index is 2.14. The van der Waals surface area contributed by atoms with Crippen LogP contribution in [0.4, 0.5) is 10.2 Å². The summed E-state index contributed by atoms with van der Waals surface area (Å²) in [6, 6.07) is 1.39. The van der Waals surface area contributed by atoms with Crippen molar-refractivity contribution in [2.45, 2.75) is 32.2 Å². The van der Waals surface area contributed by atoms with Crippen LogP contribution in [0.25, 0.3) is 0 Å². The van der Waals surface area contributed by atoms with Gasteiger partial charge < -0.3 is 15.4 Å². The minimum Gasteiger partial charge on any atom is -0.379 e. The zero-order valence-corrected chi connectivity index (χ0v) is 11.8. The van der Waals surface area contributed by atoms with E-state index in [1.54, 1.807) is 0 Å². The third-order valence-electron chi connectivity index (χ3n) is 3.33. The van der Waals surface area contributed by atoms with Gasteiger partial charge in [-0.2, -0.15) is 0 Å². The summed E-state index contributed by atoms with van der Waals surface area (Å²) in [5, 5.41) is 5.66. The highest BCUT2D eigenvalue weighted by Crippen LogP contribution is 2.20. The lowest BCUT2D eigenvalue weighted by Gasteiger charge is -2.34. The molecule has 1 saturated heterocycles. The van der Waals surface area contributed by atoms with Crippen LogP contribution in [0.5, 0.6) is 0 Å². The number of rotatable bonds is 4. The van der Waals surface area contributed by atoms with Crippen LogP contribution >= 0.6 is 0 Å². The number of amides is 1. The molecule has 2 heterocycles. The van der Waals surface area contributed by atoms with Crippen LogP contribution in [0.1, 0.15) is 37.0 Å². The normalized spacial score (nSPS) is 22.4. The summed E-state index contributed by atoms with van der Waals surface area (Å²) in [6.45, 7) is 5.45. The Morgan fingerprint density at radius 3 is 3.05 bits per heavy atom. The van der Waals surface area contributed by atoms with Crippen molar-refractivity contribution in [1.29, 1.82) is 0 Å². The molecule has 1 aromatic rings. The molecule has 2 rings (SSSR count). The minimum atomic E-state index is -0.618. The highest BCUT2D eigenvalue weighted by Gasteiger charge is 2.30. The van der Waals surface area contributed by atoms with Gasteiger partial charge in [0.1, 0.15) is 0 Å². The highest BCUT2D eigenvalue weighted by atomic mass is 19.1. The minimum absolute atomic E-state index is 0.00254. The van der Waals surface area contributed by atoms with Crippen molar-refractivity contribution in [1.82, 2.24) is 10.3 Å². The van der Waals surface area contributed by atoms with E-state index in [2.05, 4.69) is 15.6 Å². The van der Waals surface area contributed by atoms with Crippen molar-refractivity contribution in [3.63, 3.8) is 0 Å². The monoisotopic (exact) mass is 281 g/mol. The second-order valence-electron chi connectivity index (χ2n) is 5.22. The molecular weight excluding hydrogens is 261 g/mol. The predicted octanol–water partition coefficient (Wildman–Crippen LogP) is 1.95. The Kier molecular flexibility index (Phi) is 4.54. The second-order valence-corrected chi connectivity index (χ2v) is 5.22. The molecular formula is C14H20FN3O2. The largest absolute Gasteiger partial charge is 0.379 e. The van der Waals surface area contributed by atoms with Crippen LogP contribution in [0.15, 0.2) is 12.3 Å². The van der Waals surface area contributed by atoms with Gasteiger partial charge in [0.05, 0.1) is 17.7 Å². The second kappa shape index (κ2) is 6.17. The molecule has 1 aliphatic heterocycles.